The monoisotopic (exact) mass is 629 g/mol. The smallest absolute Gasteiger partial charge is 0.0468 e. The summed E-state index contributed by atoms with van der Waals surface area (Å²) in [6, 6.07) is 68.1. The van der Waals surface area contributed by atoms with Crippen molar-refractivity contribution in [2.24, 2.45) is 0 Å². The Morgan fingerprint density at radius 2 is 0.854 bits per heavy atom. The van der Waals surface area contributed by atoms with Crippen LogP contribution in [0.2, 0.25) is 0 Å². The second-order valence-electron chi connectivity index (χ2n) is 12.2. The van der Waals surface area contributed by atoms with Crippen molar-refractivity contribution >= 4 is 59.3 Å². The highest BCUT2D eigenvalue weighted by molar-refractivity contribution is 7.25. The van der Waals surface area contributed by atoms with Gasteiger partial charge in [-0.3, -0.25) is 0 Å². The highest BCUT2D eigenvalue weighted by atomic mass is 32.1. The summed E-state index contributed by atoms with van der Waals surface area (Å²) >= 11 is 1.88. The molecule has 9 rings (SSSR count). The van der Waals surface area contributed by atoms with E-state index in [1.807, 2.05) is 11.3 Å². The van der Waals surface area contributed by atoms with Gasteiger partial charge in [0.15, 0.2) is 0 Å². The van der Waals surface area contributed by atoms with Gasteiger partial charge in [0.25, 0.3) is 0 Å². The minimum atomic E-state index is 1.12. The lowest BCUT2D eigenvalue weighted by Crippen LogP contribution is -2.10. The van der Waals surface area contributed by atoms with Crippen LogP contribution < -0.4 is 4.90 Å². The van der Waals surface area contributed by atoms with Crippen molar-refractivity contribution in [3.63, 3.8) is 0 Å². The molecule has 0 atom stereocenters. The third-order valence-electron chi connectivity index (χ3n) is 9.24. The highest BCUT2D eigenvalue weighted by Crippen LogP contribution is 2.43. The van der Waals surface area contributed by atoms with Gasteiger partial charge in [0, 0.05) is 37.2 Å². The van der Waals surface area contributed by atoms with Crippen LogP contribution in [-0.4, -0.2) is 0 Å². The Bertz CT molecular complexity index is 2530. The number of hydrogen-bond acceptors (Lipinski definition) is 2. The standard InChI is InChI=1S/C46H31NS/c1-4-12-32(13-5-1)33-20-23-39(24-21-33)47(38-18-8-3-9-19-38)40-25-27-41(43(31-40)34-14-6-2-7-15-34)37-22-26-42-44-28-35-16-10-11-17-36(35)29-46(44)48-45(42)30-37/h1-31H. The van der Waals surface area contributed by atoms with Crippen LogP contribution in [0.3, 0.4) is 0 Å². The summed E-state index contributed by atoms with van der Waals surface area (Å²) in [4.78, 5) is 2.35. The maximum atomic E-state index is 2.38. The molecule has 0 amide bonds. The molecule has 2 heteroatoms. The van der Waals surface area contributed by atoms with E-state index in [0.29, 0.717) is 0 Å². The van der Waals surface area contributed by atoms with Crippen LogP contribution in [0, 0.1) is 0 Å². The van der Waals surface area contributed by atoms with Crippen LogP contribution in [0.1, 0.15) is 0 Å². The van der Waals surface area contributed by atoms with E-state index in [1.165, 1.54) is 64.3 Å². The average molecular weight is 630 g/mol. The molecule has 0 spiro atoms. The van der Waals surface area contributed by atoms with Gasteiger partial charge in [-0.1, -0.05) is 133 Å². The van der Waals surface area contributed by atoms with Gasteiger partial charge >= 0.3 is 0 Å². The summed E-state index contributed by atoms with van der Waals surface area (Å²) in [5.74, 6) is 0. The SMILES string of the molecule is c1ccc(-c2ccc(N(c3ccccc3)c3ccc(-c4ccc5c(c4)sc4cc6ccccc6cc45)c(-c4ccccc4)c3)cc2)cc1. The van der Waals surface area contributed by atoms with E-state index in [1.54, 1.807) is 0 Å². The van der Waals surface area contributed by atoms with Crippen LogP contribution in [-0.2, 0) is 0 Å². The summed E-state index contributed by atoms with van der Waals surface area (Å²) in [5, 5.41) is 5.22. The Morgan fingerprint density at radius 3 is 1.58 bits per heavy atom. The van der Waals surface area contributed by atoms with E-state index in [0.717, 1.165) is 17.1 Å². The van der Waals surface area contributed by atoms with Gasteiger partial charge in [-0.25, -0.2) is 0 Å². The molecular formula is C46H31NS. The van der Waals surface area contributed by atoms with E-state index in [9.17, 15) is 0 Å². The Hall–Kier alpha value is -5.96. The summed E-state index contributed by atoms with van der Waals surface area (Å²) in [5.41, 5.74) is 10.6. The van der Waals surface area contributed by atoms with Gasteiger partial charge in [0.05, 0.1) is 0 Å². The number of rotatable bonds is 6. The molecule has 9 aromatic rings. The molecule has 1 nitrogen and oxygen atoms in total. The first-order valence-electron chi connectivity index (χ1n) is 16.3. The number of benzene rings is 8. The molecule has 0 N–H and O–H groups in total. The topological polar surface area (TPSA) is 3.24 Å². The van der Waals surface area contributed by atoms with E-state index >= 15 is 0 Å². The van der Waals surface area contributed by atoms with Crippen molar-refractivity contribution in [2.45, 2.75) is 0 Å². The highest BCUT2D eigenvalue weighted by Gasteiger charge is 2.17. The van der Waals surface area contributed by atoms with Gasteiger partial charge in [0.2, 0.25) is 0 Å². The van der Waals surface area contributed by atoms with Crippen LogP contribution in [0.15, 0.2) is 188 Å². The number of fused-ring (bicyclic) bond motifs is 4. The van der Waals surface area contributed by atoms with Crippen molar-refractivity contribution in [2.75, 3.05) is 4.90 Å². The lowest BCUT2D eigenvalue weighted by Gasteiger charge is -2.27. The maximum absolute atomic E-state index is 2.38. The van der Waals surface area contributed by atoms with Crippen molar-refractivity contribution in [3.8, 4) is 33.4 Å². The van der Waals surface area contributed by atoms with Gasteiger partial charge in [-0.2, -0.15) is 0 Å². The summed E-state index contributed by atoms with van der Waals surface area (Å²) in [6.07, 6.45) is 0. The van der Waals surface area contributed by atoms with E-state index in [2.05, 4.69) is 193 Å². The second-order valence-corrected chi connectivity index (χ2v) is 13.3. The molecule has 0 fully saturated rings. The lowest BCUT2D eigenvalue weighted by molar-refractivity contribution is 1.28. The molecular weight excluding hydrogens is 599 g/mol. The van der Waals surface area contributed by atoms with Crippen molar-refractivity contribution in [1.82, 2.24) is 0 Å². The fourth-order valence-corrected chi connectivity index (χ4v) is 8.04. The number of thiophene rings is 1. The van der Waals surface area contributed by atoms with Gasteiger partial charge < -0.3 is 4.90 Å². The quantitative estimate of drug-likeness (QED) is 0.177. The van der Waals surface area contributed by atoms with Crippen LogP contribution >= 0.6 is 11.3 Å². The molecule has 0 unspecified atom stereocenters. The van der Waals surface area contributed by atoms with E-state index < -0.39 is 0 Å². The van der Waals surface area contributed by atoms with Crippen LogP contribution in [0.4, 0.5) is 17.1 Å². The normalized spacial score (nSPS) is 11.3. The minimum absolute atomic E-state index is 1.12. The Balaban J connectivity index is 1.18. The van der Waals surface area contributed by atoms with E-state index in [4.69, 9.17) is 0 Å². The predicted octanol–water partition coefficient (Wildman–Crippen LogP) is 13.7. The van der Waals surface area contributed by atoms with Crippen molar-refractivity contribution < 1.29 is 0 Å². The third kappa shape index (κ3) is 5.13. The average Bonchev–Trinajstić information content (AvgIpc) is 3.52. The molecule has 8 aromatic carbocycles. The Morgan fingerprint density at radius 1 is 0.312 bits per heavy atom. The summed E-state index contributed by atoms with van der Waals surface area (Å²) in [6.45, 7) is 0. The van der Waals surface area contributed by atoms with Gasteiger partial charge in [0.1, 0.15) is 0 Å². The Labute approximate surface area is 284 Å². The molecule has 0 saturated heterocycles. The van der Waals surface area contributed by atoms with Crippen molar-refractivity contribution in [1.29, 1.82) is 0 Å². The zero-order valence-corrected chi connectivity index (χ0v) is 27.1. The molecule has 0 radical (unpaired) electrons. The number of para-hydroxylation sites is 1. The molecule has 1 heterocycles. The number of anilines is 3. The zero-order chi connectivity index (χ0) is 31.9. The third-order valence-corrected chi connectivity index (χ3v) is 10.4. The largest absolute Gasteiger partial charge is 0.310 e. The van der Waals surface area contributed by atoms with Crippen LogP contribution in [0.5, 0.6) is 0 Å². The molecule has 0 saturated carbocycles. The fourth-order valence-electron chi connectivity index (χ4n) is 6.87. The first-order chi connectivity index (χ1) is 23.8. The molecule has 0 aliphatic heterocycles. The van der Waals surface area contributed by atoms with E-state index in [-0.39, 0.29) is 0 Å². The summed E-state index contributed by atoms with van der Waals surface area (Å²) < 4.78 is 2.64. The molecule has 0 bridgehead atoms. The zero-order valence-electron chi connectivity index (χ0n) is 26.3. The molecule has 0 aliphatic rings. The predicted molar refractivity (Wildman–Crippen MR) is 208 cm³/mol. The number of nitrogens with zero attached hydrogens (tertiary/aromatic N) is 1. The first kappa shape index (κ1) is 28.3. The fraction of sp³-hybridized carbons (Fsp3) is 0. The second kappa shape index (κ2) is 12.0. The maximum Gasteiger partial charge on any atom is 0.0468 e. The number of hydrogen-bond donors (Lipinski definition) is 0. The molecule has 48 heavy (non-hydrogen) atoms. The van der Waals surface area contributed by atoms with Crippen LogP contribution in [0.25, 0.3) is 64.3 Å². The lowest BCUT2D eigenvalue weighted by atomic mass is 9.93. The molecule has 226 valence electrons. The van der Waals surface area contributed by atoms with Crippen molar-refractivity contribution in [3.05, 3.63) is 188 Å². The molecule has 0 aliphatic carbocycles. The molecule has 1 aromatic heterocycles. The Kier molecular flexibility index (Phi) is 7.07. The first-order valence-corrected chi connectivity index (χ1v) is 17.2. The summed E-state index contributed by atoms with van der Waals surface area (Å²) in [7, 11) is 0. The minimum Gasteiger partial charge on any atom is -0.310 e. The van der Waals surface area contributed by atoms with Gasteiger partial charge in [-0.15, -0.1) is 11.3 Å². The van der Waals surface area contributed by atoms with Gasteiger partial charge in [-0.05, 0) is 98.8 Å².